The highest BCUT2D eigenvalue weighted by Crippen LogP contribution is 2.18. The topological polar surface area (TPSA) is 78.9 Å². The Labute approximate surface area is 153 Å². The van der Waals surface area contributed by atoms with Crippen molar-refractivity contribution >= 4 is 15.8 Å². The van der Waals surface area contributed by atoms with Crippen molar-refractivity contribution < 1.29 is 27.4 Å². The van der Waals surface area contributed by atoms with E-state index >= 15 is 0 Å². The first-order valence-electron chi connectivity index (χ1n) is 8.14. The van der Waals surface area contributed by atoms with Gasteiger partial charge < -0.3 is 14.2 Å². The lowest BCUT2D eigenvalue weighted by Gasteiger charge is -2.10. The molecule has 7 heteroatoms. The van der Waals surface area contributed by atoms with Crippen LogP contribution >= 0.6 is 0 Å². The predicted molar refractivity (Wildman–Crippen MR) is 97.7 cm³/mol. The molecule has 0 saturated heterocycles. The van der Waals surface area contributed by atoms with Crippen LogP contribution in [-0.4, -0.2) is 40.5 Å². The van der Waals surface area contributed by atoms with Gasteiger partial charge in [-0.2, -0.15) is 0 Å². The van der Waals surface area contributed by atoms with Crippen LogP contribution in [0.4, 0.5) is 0 Å². The van der Waals surface area contributed by atoms with Crippen LogP contribution in [0.15, 0.2) is 47.4 Å². The lowest BCUT2D eigenvalue weighted by molar-refractivity contribution is 0.0449. The standard InChI is InChI=1S/C19H22O6S/c1-4-23-15-6-8-16(9-7-15)24-11-12-25-19(20)18-13-17(26(3,21)22)10-5-14(18)2/h5-10,13H,4,11-12H2,1-3H3. The van der Waals surface area contributed by atoms with Crippen molar-refractivity contribution in [2.45, 2.75) is 18.7 Å². The maximum Gasteiger partial charge on any atom is 0.338 e. The summed E-state index contributed by atoms with van der Waals surface area (Å²) >= 11 is 0. The monoisotopic (exact) mass is 378 g/mol. The van der Waals surface area contributed by atoms with Crippen molar-refractivity contribution in [2.24, 2.45) is 0 Å². The van der Waals surface area contributed by atoms with E-state index in [1.54, 1.807) is 37.3 Å². The molecule has 0 aliphatic heterocycles. The third-order valence-corrected chi connectivity index (χ3v) is 4.69. The zero-order valence-electron chi connectivity index (χ0n) is 15.0. The first kappa shape index (κ1) is 19.8. The van der Waals surface area contributed by atoms with Crippen LogP contribution in [0.1, 0.15) is 22.8 Å². The Balaban J connectivity index is 1.89. The summed E-state index contributed by atoms with van der Waals surface area (Å²) in [6, 6.07) is 11.5. The average Bonchev–Trinajstić information content (AvgIpc) is 2.59. The van der Waals surface area contributed by atoms with E-state index in [4.69, 9.17) is 14.2 Å². The second-order valence-corrected chi connectivity index (χ2v) is 7.65. The highest BCUT2D eigenvalue weighted by molar-refractivity contribution is 7.90. The van der Waals surface area contributed by atoms with Crippen LogP contribution in [0, 0.1) is 6.92 Å². The maximum atomic E-state index is 12.2. The van der Waals surface area contributed by atoms with Gasteiger partial charge in [0.05, 0.1) is 17.1 Å². The van der Waals surface area contributed by atoms with Gasteiger partial charge in [-0.3, -0.25) is 0 Å². The lowest BCUT2D eigenvalue weighted by atomic mass is 10.1. The molecule has 0 N–H and O–H groups in total. The van der Waals surface area contributed by atoms with Crippen molar-refractivity contribution in [3.8, 4) is 11.5 Å². The molecule has 26 heavy (non-hydrogen) atoms. The summed E-state index contributed by atoms with van der Waals surface area (Å²) in [4.78, 5) is 12.3. The van der Waals surface area contributed by atoms with E-state index in [-0.39, 0.29) is 23.7 Å². The number of carbonyl (C=O) groups excluding carboxylic acids is 1. The fourth-order valence-corrected chi connectivity index (χ4v) is 2.87. The summed E-state index contributed by atoms with van der Waals surface area (Å²) in [5.41, 5.74) is 0.879. The number of hydrogen-bond donors (Lipinski definition) is 0. The molecule has 0 aromatic heterocycles. The van der Waals surface area contributed by atoms with Gasteiger partial charge in [0.25, 0.3) is 0 Å². The average molecular weight is 378 g/mol. The molecule has 0 radical (unpaired) electrons. The quantitative estimate of drug-likeness (QED) is 0.519. The van der Waals surface area contributed by atoms with E-state index in [0.29, 0.717) is 17.9 Å². The number of ether oxygens (including phenoxy) is 3. The molecule has 0 saturated carbocycles. The number of hydrogen-bond acceptors (Lipinski definition) is 6. The fourth-order valence-electron chi connectivity index (χ4n) is 2.22. The Hall–Kier alpha value is -2.54. The van der Waals surface area contributed by atoms with Gasteiger partial charge in [0.1, 0.15) is 24.7 Å². The number of rotatable bonds is 8. The summed E-state index contributed by atoms with van der Waals surface area (Å²) in [5.74, 6) is 0.815. The molecular formula is C19H22O6S. The van der Waals surface area contributed by atoms with Gasteiger partial charge in [-0.1, -0.05) is 6.07 Å². The summed E-state index contributed by atoms with van der Waals surface area (Å²) in [7, 11) is -3.39. The third kappa shape index (κ3) is 5.49. The number of sulfone groups is 1. The minimum atomic E-state index is -3.39. The van der Waals surface area contributed by atoms with Crippen LogP contribution in [0.2, 0.25) is 0 Å². The molecule has 2 aromatic carbocycles. The molecule has 0 atom stereocenters. The molecule has 0 fully saturated rings. The van der Waals surface area contributed by atoms with Crippen LogP contribution in [0.3, 0.4) is 0 Å². The largest absolute Gasteiger partial charge is 0.494 e. The van der Waals surface area contributed by atoms with Gasteiger partial charge in [-0.15, -0.1) is 0 Å². The molecule has 0 unspecified atom stereocenters. The van der Waals surface area contributed by atoms with Crippen LogP contribution in [-0.2, 0) is 14.6 Å². The predicted octanol–water partition coefficient (Wildman–Crippen LogP) is 3.03. The number of benzene rings is 2. The summed E-state index contributed by atoms with van der Waals surface area (Å²) < 4.78 is 39.3. The van der Waals surface area contributed by atoms with E-state index in [9.17, 15) is 13.2 Å². The zero-order chi connectivity index (χ0) is 19.2. The second kappa shape index (κ2) is 8.71. The van der Waals surface area contributed by atoms with E-state index < -0.39 is 15.8 Å². The molecule has 2 aromatic rings. The van der Waals surface area contributed by atoms with Crippen LogP contribution in [0.25, 0.3) is 0 Å². The molecule has 2 rings (SSSR count). The zero-order valence-corrected chi connectivity index (χ0v) is 15.8. The molecular weight excluding hydrogens is 356 g/mol. The summed E-state index contributed by atoms with van der Waals surface area (Å²) in [6.07, 6.45) is 1.09. The van der Waals surface area contributed by atoms with E-state index in [0.717, 1.165) is 12.0 Å². The van der Waals surface area contributed by atoms with Crippen molar-refractivity contribution in [3.05, 3.63) is 53.6 Å². The van der Waals surface area contributed by atoms with Crippen LogP contribution in [0.5, 0.6) is 11.5 Å². The molecule has 140 valence electrons. The Morgan fingerprint density at radius 2 is 1.58 bits per heavy atom. The molecule has 0 heterocycles. The van der Waals surface area contributed by atoms with Crippen molar-refractivity contribution in [1.82, 2.24) is 0 Å². The Morgan fingerprint density at radius 3 is 2.15 bits per heavy atom. The molecule has 0 bridgehead atoms. The highest BCUT2D eigenvalue weighted by atomic mass is 32.2. The molecule has 0 amide bonds. The maximum absolute atomic E-state index is 12.2. The first-order chi connectivity index (χ1) is 12.3. The fraction of sp³-hybridized carbons (Fsp3) is 0.316. The normalized spacial score (nSPS) is 11.0. The van der Waals surface area contributed by atoms with Crippen molar-refractivity contribution in [1.29, 1.82) is 0 Å². The Bertz CT molecular complexity index is 856. The molecule has 0 aliphatic carbocycles. The van der Waals surface area contributed by atoms with E-state index in [1.807, 2.05) is 6.92 Å². The van der Waals surface area contributed by atoms with E-state index in [1.165, 1.54) is 12.1 Å². The number of aryl methyl sites for hydroxylation is 1. The molecule has 0 spiro atoms. The summed E-state index contributed by atoms with van der Waals surface area (Å²) in [5, 5.41) is 0. The van der Waals surface area contributed by atoms with Crippen molar-refractivity contribution in [2.75, 3.05) is 26.1 Å². The Kier molecular flexibility index (Phi) is 6.63. The highest BCUT2D eigenvalue weighted by Gasteiger charge is 2.15. The molecule has 0 aliphatic rings. The second-order valence-electron chi connectivity index (χ2n) is 5.64. The number of esters is 1. The third-order valence-electron chi connectivity index (χ3n) is 3.58. The van der Waals surface area contributed by atoms with Gasteiger partial charge >= 0.3 is 5.97 Å². The minimum Gasteiger partial charge on any atom is -0.494 e. The van der Waals surface area contributed by atoms with Gasteiger partial charge in [0.2, 0.25) is 0 Å². The SMILES string of the molecule is CCOc1ccc(OCCOC(=O)c2cc(S(C)(=O)=O)ccc2C)cc1. The van der Waals surface area contributed by atoms with E-state index in [2.05, 4.69) is 0 Å². The minimum absolute atomic E-state index is 0.0502. The van der Waals surface area contributed by atoms with Gasteiger partial charge in [0.15, 0.2) is 9.84 Å². The first-order valence-corrected chi connectivity index (χ1v) is 10.0. The molecule has 6 nitrogen and oxygen atoms in total. The number of carbonyl (C=O) groups is 1. The lowest BCUT2D eigenvalue weighted by Crippen LogP contribution is -2.14. The van der Waals surface area contributed by atoms with Gasteiger partial charge in [-0.25, -0.2) is 13.2 Å². The van der Waals surface area contributed by atoms with Gasteiger partial charge in [0, 0.05) is 6.26 Å². The van der Waals surface area contributed by atoms with Gasteiger partial charge in [-0.05, 0) is 55.8 Å². The van der Waals surface area contributed by atoms with Crippen molar-refractivity contribution in [3.63, 3.8) is 0 Å². The van der Waals surface area contributed by atoms with Crippen LogP contribution < -0.4 is 9.47 Å². The Morgan fingerprint density at radius 1 is 0.962 bits per heavy atom. The summed E-state index contributed by atoms with van der Waals surface area (Å²) in [6.45, 7) is 4.46. The smallest absolute Gasteiger partial charge is 0.338 e.